The van der Waals surface area contributed by atoms with Crippen molar-refractivity contribution in [3.8, 4) is 0 Å². The van der Waals surface area contributed by atoms with Gasteiger partial charge in [-0.15, -0.1) is 0 Å². The lowest BCUT2D eigenvalue weighted by Crippen LogP contribution is -2.48. The number of nitrogens with zero attached hydrogens (tertiary/aromatic N) is 1. The number of likely N-dealkylation sites (tertiary alicyclic amines) is 1. The van der Waals surface area contributed by atoms with Crippen molar-refractivity contribution in [2.24, 2.45) is 11.3 Å². The molecule has 3 nitrogen and oxygen atoms in total. The molecule has 1 unspecified atom stereocenters. The van der Waals surface area contributed by atoms with E-state index in [0.717, 1.165) is 19.1 Å². The van der Waals surface area contributed by atoms with E-state index >= 15 is 0 Å². The molecule has 1 aliphatic heterocycles. The predicted molar refractivity (Wildman–Crippen MR) is 87.2 cm³/mol. The maximum Gasteiger partial charge on any atom is 0.0491 e. The van der Waals surface area contributed by atoms with Crippen LogP contribution in [0.2, 0.25) is 0 Å². The van der Waals surface area contributed by atoms with Gasteiger partial charge in [0.05, 0.1) is 0 Å². The minimum atomic E-state index is 0.210. The molecule has 0 aromatic heterocycles. The van der Waals surface area contributed by atoms with Crippen LogP contribution in [0.1, 0.15) is 53.9 Å². The Labute approximate surface area is 126 Å². The average molecular weight is 284 g/mol. The van der Waals surface area contributed by atoms with Gasteiger partial charge in [0.1, 0.15) is 0 Å². The molecule has 0 saturated carbocycles. The van der Waals surface area contributed by atoms with Crippen LogP contribution in [0.5, 0.6) is 0 Å². The molecule has 120 valence electrons. The van der Waals surface area contributed by atoms with E-state index in [1.54, 1.807) is 0 Å². The summed E-state index contributed by atoms with van der Waals surface area (Å²) in [7, 11) is 1.82. The summed E-state index contributed by atoms with van der Waals surface area (Å²) in [6.45, 7) is 17.2. The van der Waals surface area contributed by atoms with Crippen molar-refractivity contribution in [1.82, 2.24) is 10.2 Å². The lowest BCUT2D eigenvalue weighted by molar-refractivity contribution is 0.0739. The summed E-state index contributed by atoms with van der Waals surface area (Å²) < 4.78 is 5.29. The van der Waals surface area contributed by atoms with Gasteiger partial charge in [-0.05, 0) is 64.5 Å². The molecule has 1 fully saturated rings. The highest BCUT2D eigenvalue weighted by Crippen LogP contribution is 2.26. The fourth-order valence-electron chi connectivity index (χ4n) is 2.86. The Bertz CT molecular complexity index is 267. The maximum absolute atomic E-state index is 5.29. The molecule has 1 N–H and O–H groups in total. The van der Waals surface area contributed by atoms with Gasteiger partial charge in [-0.3, -0.25) is 0 Å². The Balaban J connectivity index is 2.40. The Morgan fingerprint density at radius 1 is 1.15 bits per heavy atom. The summed E-state index contributed by atoms with van der Waals surface area (Å²) in [5.74, 6) is 0.775. The first-order valence-corrected chi connectivity index (χ1v) is 8.24. The summed E-state index contributed by atoms with van der Waals surface area (Å²) in [4.78, 5) is 2.65. The second-order valence-corrected chi connectivity index (χ2v) is 7.94. The number of ether oxygens (including phenoxy) is 1. The van der Waals surface area contributed by atoms with Crippen LogP contribution in [0.3, 0.4) is 0 Å². The van der Waals surface area contributed by atoms with E-state index in [0.29, 0.717) is 5.41 Å². The topological polar surface area (TPSA) is 24.5 Å². The second-order valence-electron chi connectivity index (χ2n) is 7.94. The summed E-state index contributed by atoms with van der Waals surface area (Å²) in [6, 6.07) is 0. The van der Waals surface area contributed by atoms with E-state index in [1.165, 1.54) is 38.9 Å². The predicted octanol–water partition coefficient (Wildman–Crippen LogP) is 3.15. The van der Waals surface area contributed by atoms with Crippen LogP contribution in [-0.4, -0.2) is 50.3 Å². The molecule has 3 heteroatoms. The molecule has 1 saturated heterocycles. The highest BCUT2D eigenvalue weighted by atomic mass is 16.5. The van der Waals surface area contributed by atoms with E-state index in [4.69, 9.17) is 4.74 Å². The third kappa shape index (κ3) is 6.55. The van der Waals surface area contributed by atoms with Crippen LogP contribution in [0.15, 0.2) is 0 Å². The molecule has 1 atom stereocenters. The number of nitrogens with one attached hydrogen (secondary N) is 1. The SMILES string of the molecule is CCC(C)(CNC(C)(C)C)CN1CCC(COC)CC1. The van der Waals surface area contributed by atoms with Crippen molar-refractivity contribution in [3.05, 3.63) is 0 Å². The number of piperidine rings is 1. The normalized spacial score (nSPS) is 21.9. The zero-order valence-corrected chi connectivity index (χ0v) is 14.6. The van der Waals surface area contributed by atoms with Gasteiger partial charge in [0.2, 0.25) is 0 Å². The van der Waals surface area contributed by atoms with Gasteiger partial charge in [0, 0.05) is 32.3 Å². The van der Waals surface area contributed by atoms with Gasteiger partial charge >= 0.3 is 0 Å². The van der Waals surface area contributed by atoms with Crippen LogP contribution in [0.25, 0.3) is 0 Å². The average Bonchev–Trinajstić information content (AvgIpc) is 2.38. The van der Waals surface area contributed by atoms with Crippen molar-refractivity contribution in [1.29, 1.82) is 0 Å². The Morgan fingerprint density at radius 2 is 1.75 bits per heavy atom. The standard InChI is InChI=1S/C17H36N2O/c1-7-17(5,13-18-16(2,3)4)14-19-10-8-15(9-11-19)12-20-6/h15,18H,7-14H2,1-6H3. The minimum absolute atomic E-state index is 0.210. The van der Waals surface area contributed by atoms with Crippen molar-refractivity contribution in [2.45, 2.75) is 59.4 Å². The fraction of sp³-hybridized carbons (Fsp3) is 1.00. The molecule has 1 heterocycles. The van der Waals surface area contributed by atoms with Crippen LogP contribution < -0.4 is 5.32 Å². The molecule has 0 radical (unpaired) electrons. The van der Waals surface area contributed by atoms with Crippen LogP contribution in [-0.2, 0) is 4.74 Å². The van der Waals surface area contributed by atoms with Crippen LogP contribution in [0.4, 0.5) is 0 Å². The fourth-order valence-corrected chi connectivity index (χ4v) is 2.86. The smallest absolute Gasteiger partial charge is 0.0491 e. The van der Waals surface area contributed by atoms with Gasteiger partial charge < -0.3 is 15.0 Å². The molecular formula is C17H36N2O. The Kier molecular flexibility index (Phi) is 6.96. The molecule has 0 aromatic rings. The maximum atomic E-state index is 5.29. The van der Waals surface area contributed by atoms with E-state index in [1.807, 2.05) is 7.11 Å². The Hall–Kier alpha value is -0.120. The summed E-state index contributed by atoms with van der Waals surface area (Å²) in [5, 5.41) is 3.69. The molecule has 0 amide bonds. The highest BCUT2D eigenvalue weighted by Gasteiger charge is 2.29. The molecule has 1 aliphatic rings. The van der Waals surface area contributed by atoms with E-state index in [2.05, 4.69) is 44.8 Å². The molecule has 0 aromatic carbocycles. The molecule has 0 spiro atoms. The van der Waals surface area contributed by atoms with E-state index < -0.39 is 0 Å². The summed E-state index contributed by atoms with van der Waals surface area (Å²) >= 11 is 0. The first-order valence-electron chi connectivity index (χ1n) is 8.24. The lowest BCUT2D eigenvalue weighted by atomic mass is 9.84. The molecular weight excluding hydrogens is 248 g/mol. The number of hydrogen-bond donors (Lipinski definition) is 1. The number of rotatable bonds is 7. The third-order valence-electron chi connectivity index (χ3n) is 4.61. The van der Waals surface area contributed by atoms with Gasteiger partial charge in [-0.1, -0.05) is 13.8 Å². The third-order valence-corrected chi connectivity index (χ3v) is 4.61. The molecule has 20 heavy (non-hydrogen) atoms. The number of methoxy groups -OCH3 is 1. The van der Waals surface area contributed by atoms with Crippen LogP contribution in [0, 0.1) is 11.3 Å². The quantitative estimate of drug-likeness (QED) is 0.777. The summed E-state index contributed by atoms with van der Waals surface area (Å²) in [5.41, 5.74) is 0.587. The van der Waals surface area contributed by atoms with E-state index in [9.17, 15) is 0 Å². The zero-order chi connectivity index (χ0) is 15.2. The van der Waals surface area contributed by atoms with Crippen molar-refractivity contribution in [2.75, 3.05) is 39.9 Å². The second kappa shape index (κ2) is 7.77. The highest BCUT2D eigenvalue weighted by molar-refractivity contribution is 4.85. The van der Waals surface area contributed by atoms with Gasteiger partial charge in [-0.2, -0.15) is 0 Å². The van der Waals surface area contributed by atoms with E-state index in [-0.39, 0.29) is 5.54 Å². The molecule has 0 bridgehead atoms. The molecule has 0 aliphatic carbocycles. The first-order chi connectivity index (χ1) is 9.28. The zero-order valence-electron chi connectivity index (χ0n) is 14.6. The van der Waals surface area contributed by atoms with Crippen LogP contribution >= 0.6 is 0 Å². The van der Waals surface area contributed by atoms with Gasteiger partial charge in [0.15, 0.2) is 0 Å². The van der Waals surface area contributed by atoms with Gasteiger partial charge in [0.25, 0.3) is 0 Å². The molecule has 1 rings (SSSR count). The first kappa shape index (κ1) is 17.9. The Morgan fingerprint density at radius 3 is 2.20 bits per heavy atom. The van der Waals surface area contributed by atoms with Gasteiger partial charge in [-0.25, -0.2) is 0 Å². The minimum Gasteiger partial charge on any atom is -0.384 e. The largest absolute Gasteiger partial charge is 0.384 e. The van der Waals surface area contributed by atoms with Crippen molar-refractivity contribution in [3.63, 3.8) is 0 Å². The van der Waals surface area contributed by atoms with Crippen molar-refractivity contribution < 1.29 is 4.74 Å². The number of hydrogen-bond acceptors (Lipinski definition) is 3. The monoisotopic (exact) mass is 284 g/mol. The summed E-state index contributed by atoms with van der Waals surface area (Å²) in [6.07, 6.45) is 3.81. The van der Waals surface area contributed by atoms with Crippen molar-refractivity contribution >= 4 is 0 Å². The lowest BCUT2D eigenvalue weighted by Gasteiger charge is -2.40.